The Balaban J connectivity index is 1.70. The molecular weight excluding hydrogens is 383 g/mol. The molecule has 3 rings (SSSR count). The quantitative estimate of drug-likeness (QED) is 0.799. The van der Waals surface area contributed by atoms with E-state index in [9.17, 15) is 17.6 Å². The van der Waals surface area contributed by atoms with Crippen molar-refractivity contribution in [1.82, 2.24) is 4.31 Å². The number of anilines is 1. The van der Waals surface area contributed by atoms with Gasteiger partial charge >= 0.3 is 0 Å². The van der Waals surface area contributed by atoms with E-state index in [0.717, 1.165) is 19.3 Å². The number of halogens is 1. The summed E-state index contributed by atoms with van der Waals surface area (Å²) >= 11 is 0. The van der Waals surface area contributed by atoms with Crippen LogP contribution in [0, 0.1) is 12.7 Å². The number of amides is 1. The van der Waals surface area contributed by atoms with Gasteiger partial charge in [-0.05, 0) is 49.6 Å². The number of benzene rings is 2. The van der Waals surface area contributed by atoms with Gasteiger partial charge in [0.1, 0.15) is 0 Å². The van der Waals surface area contributed by atoms with Gasteiger partial charge in [0.05, 0.1) is 4.90 Å². The molecule has 0 aromatic heterocycles. The molecule has 2 aromatic carbocycles. The summed E-state index contributed by atoms with van der Waals surface area (Å²) in [7, 11) is -3.61. The van der Waals surface area contributed by atoms with E-state index in [4.69, 9.17) is 4.74 Å². The van der Waals surface area contributed by atoms with E-state index < -0.39 is 21.7 Å². The zero-order chi connectivity index (χ0) is 20.1. The number of ether oxygens (including phenoxy) is 1. The van der Waals surface area contributed by atoms with Gasteiger partial charge in [0.15, 0.2) is 18.2 Å². The second kappa shape index (κ2) is 8.70. The molecule has 0 spiro atoms. The van der Waals surface area contributed by atoms with Crippen LogP contribution in [0.5, 0.6) is 5.75 Å². The Hall–Kier alpha value is -2.45. The largest absolute Gasteiger partial charge is 0.481 e. The molecule has 1 saturated heterocycles. The minimum Gasteiger partial charge on any atom is -0.481 e. The molecule has 0 atom stereocenters. The van der Waals surface area contributed by atoms with Crippen molar-refractivity contribution < 1.29 is 22.3 Å². The minimum atomic E-state index is -3.61. The number of nitrogens with zero attached hydrogens (tertiary/aromatic N) is 1. The Kier molecular flexibility index (Phi) is 6.31. The first-order valence-corrected chi connectivity index (χ1v) is 10.6. The van der Waals surface area contributed by atoms with Crippen molar-refractivity contribution in [1.29, 1.82) is 0 Å². The number of rotatable bonds is 6. The Morgan fingerprint density at radius 3 is 2.57 bits per heavy atom. The molecule has 2 aromatic rings. The van der Waals surface area contributed by atoms with E-state index in [2.05, 4.69) is 5.32 Å². The molecule has 150 valence electrons. The third-order valence-corrected chi connectivity index (χ3v) is 6.64. The van der Waals surface area contributed by atoms with Crippen LogP contribution in [0.1, 0.15) is 24.8 Å². The van der Waals surface area contributed by atoms with Crippen LogP contribution in [-0.2, 0) is 14.8 Å². The van der Waals surface area contributed by atoms with Gasteiger partial charge in [0, 0.05) is 18.8 Å². The smallest absolute Gasteiger partial charge is 0.262 e. The summed E-state index contributed by atoms with van der Waals surface area (Å²) in [6.07, 6.45) is 2.73. The lowest BCUT2D eigenvalue weighted by molar-refractivity contribution is -0.118. The first-order chi connectivity index (χ1) is 13.4. The lowest BCUT2D eigenvalue weighted by atomic mass is 10.2. The zero-order valence-corrected chi connectivity index (χ0v) is 16.5. The van der Waals surface area contributed by atoms with Crippen molar-refractivity contribution in [3.8, 4) is 5.75 Å². The summed E-state index contributed by atoms with van der Waals surface area (Å²) in [6, 6.07) is 10.5. The van der Waals surface area contributed by atoms with Crippen LogP contribution >= 0.6 is 0 Å². The third-order valence-electron chi connectivity index (χ3n) is 4.60. The maximum atomic E-state index is 13.5. The minimum absolute atomic E-state index is 0.0186. The highest BCUT2D eigenvalue weighted by Crippen LogP contribution is 2.26. The molecule has 1 heterocycles. The second-order valence-corrected chi connectivity index (χ2v) is 8.62. The zero-order valence-electron chi connectivity index (χ0n) is 15.7. The fourth-order valence-corrected chi connectivity index (χ4v) is 4.87. The van der Waals surface area contributed by atoms with Crippen LogP contribution in [0.4, 0.5) is 10.1 Å². The Morgan fingerprint density at radius 1 is 1.14 bits per heavy atom. The van der Waals surface area contributed by atoms with Crippen LogP contribution in [0.25, 0.3) is 0 Å². The third kappa shape index (κ3) is 4.69. The first kappa shape index (κ1) is 20.3. The van der Waals surface area contributed by atoms with Crippen molar-refractivity contribution in [2.75, 3.05) is 25.0 Å². The lowest BCUT2D eigenvalue weighted by Gasteiger charge is -2.26. The molecule has 0 radical (unpaired) electrons. The summed E-state index contributed by atoms with van der Waals surface area (Å²) in [5, 5.41) is 2.60. The van der Waals surface area contributed by atoms with E-state index in [0.29, 0.717) is 24.3 Å². The molecule has 28 heavy (non-hydrogen) atoms. The van der Waals surface area contributed by atoms with E-state index in [1.165, 1.54) is 28.6 Å². The normalized spacial score (nSPS) is 15.2. The topological polar surface area (TPSA) is 75.7 Å². The number of para-hydroxylation sites is 1. The molecular formula is C20H23FN2O4S. The lowest BCUT2D eigenvalue weighted by Crippen LogP contribution is -2.36. The molecule has 1 aliphatic rings. The average Bonchev–Trinajstić information content (AvgIpc) is 2.69. The van der Waals surface area contributed by atoms with Crippen molar-refractivity contribution in [2.45, 2.75) is 31.1 Å². The molecule has 8 heteroatoms. The van der Waals surface area contributed by atoms with Gasteiger partial charge in [-0.2, -0.15) is 4.31 Å². The summed E-state index contributed by atoms with van der Waals surface area (Å²) in [4.78, 5) is 12.3. The van der Waals surface area contributed by atoms with E-state index in [1.807, 2.05) is 0 Å². The Morgan fingerprint density at radius 2 is 1.86 bits per heavy atom. The fraction of sp³-hybridized carbons (Fsp3) is 0.350. The molecule has 0 unspecified atom stereocenters. The highest BCUT2D eigenvalue weighted by atomic mass is 32.2. The Labute approximate surface area is 164 Å². The van der Waals surface area contributed by atoms with E-state index in [1.54, 1.807) is 25.1 Å². The van der Waals surface area contributed by atoms with Crippen LogP contribution in [0.2, 0.25) is 0 Å². The molecule has 1 aliphatic heterocycles. The number of carbonyl (C=O) groups is 1. The Bertz CT molecular complexity index is 956. The molecule has 1 N–H and O–H groups in total. The predicted molar refractivity (Wildman–Crippen MR) is 104 cm³/mol. The predicted octanol–water partition coefficient (Wildman–Crippen LogP) is 3.33. The number of hydrogen-bond acceptors (Lipinski definition) is 4. The number of aryl methyl sites for hydroxylation is 1. The molecule has 0 aliphatic carbocycles. The maximum absolute atomic E-state index is 13.5. The summed E-state index contributed by atoms with van der Waals surface area (Å²) in [6.45, 7) is 2.36. The second-order valence-electron chi connectivity index (χ2n) is 6.71. The van der Waals surface area contributed by atoms with Gasteiger partial charge in [-0.25, -0.2) is 12.8 Å². The van der Waals surface area contributed by atoms with Gasteiger partial charge in [-0.1, -0.05) is 24.6 Å². The standard InChI is InChI=1S/C20H23FN2O4S/c1-15-9-10-16(13-19(15)28(25,26)23-11-5-2-6-12-23)22-20(24)14-27-18-8-4-3-7-17(18)21/h3-4,7-10,13H,2,5-6,11-12,14H2,1H3,(H,22,24). The SMILES string of the molecule is Cc1ccc(NC(=O)COc2ccccc2F)cc1S(=O)(=O)N1CCCCC1. The number of hydrogen-bond donors (Lipinski definition) is 1. The molecule has 6 nitrogen and oxygen atoms in total. The summed E-state index contributed by atoms with van der Waals surface area (Å²) in [5.41, 5.74) is 0.967. The van der Waals surface area contributed by atoms with Gasteiger partial charge in [-0.15, -0.1) is 0 Å². The molecule has 0 bridgehead atoms. The average molecular weight is 406 g/mol. The monoisotopic (exact) mass is 406 g/mol. The van der Waals surface area contributed by atoms with Crippen molar-refractivity contribution in [3.63, 3.8) is 0 Å². The maximum Gasteiger partial charge on any atom is 0.262 e. The molecule has 0 saturated carbocycles. The van der Waals surface area contributed by atoms with Gasteiger partial charge in [0.25, 0.3) is 5.91 Å². The summed E-state index contributed by atoms with van der Waals surface area (Å²) in [5.74, 6) is -1.08. The van der Waals surface area contributed by atoms with Crippen LogP contribution in [-0.4, -0.2) is 38.3 Å². The van der Waals surface area contributed by atoms with Gasteiger partial charge < -0.3 is 10.1 Å². The van der Waals surface area contributed by atoms with Crippen LogP contribution < -0.4 is 10.1 Å². The van der Waals surface area contributed by atoms with Gasteiger partial charge in [0.2, 0.25) is 10.0 Å². The molecule has 1 fully saturated rings. The van der Waals surface area contributed by atoms with E-state index >= 15 is 0 Å². The number of nitrogens with one attached hydrogen (secondary N) is 1. The summed E-state index contributed by atoms with van der Waals surface area (Å²) < 4.78 is 46.1. The fourth-order valence-electron chi connectivity index (χ4n) is 3.10. The highest BCUT2D eigenvalue weighted by Gasteiger charge is 2.27. The number of piperidine rings is 1. The molecule has 1 amide bonds. The van der Waals surface area contributed by atoms with E-state index in [-0.39, 0.29) is 17.3 Å². The van der Waals surface area contributed by atoms with Gasteiger partial charge in [-0.3, -0.25) is 4.79 Å². The van der Waals surface area contributed by atoms with Crippen molar-refractivity contribution in [2.24, 2.45) is 0 Å². The van der Waals surface area contributed by atoms with Crippen molar-refractivity contribution in [3.05, 3.63) is 53.8 Å². The van der Waals surface area contributed by atoms with Crippen LogP contribution in [0.3, 0.4) is 0 Å². The highest BCUT2D eigenvalue weighted by molar-refractivity contribution is 7.89. The first-order valence-electron chi connectivity index (χ1n) is 9.16. The number of carbonyl (C=O) groups excluding carboxylic acids is 1. The van der Waals surface area contributed by atoms with Crippen LogP contribution in [0.15, 0.2) is 47.4 Å². The van der Waals surface area contributed by atoms with Crippen molar-refractivity contribution >= 4 is 21.6 Å². The number of sulfonamides is 1.